The lowest BCUT2D eigenvalue weighted by Gasteiger charge is -2.24. The summed E-state index contributed by atoms with van der Waals surface area (Å²) in [5.74, 6) is -0.193. The number of hydrogen-bond acceptors (Lipinski definition) is 5. The minimum absolute atomic E-state index is 0.0293. The molecule has 0 unspecified atom stereocenters. The molecular formula is C26H25ClN4O5S. The van der Waals surface area contributed by atoms with Gasteiger partial charge in [-0.05, 0) is 67.6 Å². The summed E-state index contributed by atoms with van der Waals surface area (Å²) in [7, 11) is -0.981. The lowest BCUT2D eigenvalue weighted by Crippen LogP contribution is -2.38. The van der Waals surface area contributed by atoms with Crippen molar-refractivity contribution in [2.45, 2.75) is 11.8 Å². The molecule has 11 heteroatoms. The minimum Gasteiger partial charge on any atom is -0.497 e. The summed E-state index contributed by atoms with van der Waals surface area (Å²) in [6.07, 6.45) is 0. The van der Waals surface area contributed by atoms with Crippen molar-refractivity contribution >= 4 is 38.9 Å². The number of nitrogens with zero attached hydrogens (tertiary/aromatic N) is 3. The topological polar surface area (TPSA) is 103 Å². The lowest BCUT2D eigenvalue weighted by molar-refractivity contribution is -0.114. The number of ether oxygens (including phenoxy) is 1. The van der Waals surface area contributed by atoms with Crippen LogP contribution >= 0.6 is 11.6 Å². The van der Waals surface area contributed by atoms with Crippen molar-refractivity contribution in [2.75, 3.05) is 23.3 Å². The number of rotatable bonds is 8. The highest BCUT2D eigenvalue weighted by atomic mass is 35.5. The van der Waals surface area contributed by atoms with E-state index in [0.29, 0.717) is 22.2 Å². The fourth-order valence-electron chi connectivity index (χ4n) is 3.82. The van der Waals surface area contributed by atoms with Gasteiger partial charge in [-0.25, -0.2) is 13.1 Å². The Bertz CT molecular complexity index is 1580. The normalized spacial score (nSPS) is 11.2. The van der Waals surface area contributed by atoms with Crippen LogP contribution in [0, 0.1) is 6.92 Å². The summed E-state index contributed by atoms with van der Waals surface area (Å²) >= 11 is 6.00. The van der Waals surface area contributed by atoms with E-state index in [1.165, 1.54) is 60.3 Å². The van der Waals surface area contributed by atoms with Gasteiger partial charge in [0.2, 0.25) is 5.91 Å². The number of sulfonamides is 1. The first-order valence-electron chi connectivity index (χ1n) is 11.2. The highest BCUT2D eigenvalue weighted by Gasteiger charge is 2.28. The summed E-state index contributed by atoms with van der Waals surface area (Å²) in [5.41, 5.74) is 1.01. The molecule has 4 rings (SSSR count). The van der Waals surface area contributed by atoms with Gasteiger partial charge in [0.1, 0.15) is 18.0 Å². The molecule has 0 saturated carbocycles. The van der Waals surface area contributed by atoms with Crippen LogP contribution in [0.15, 0.2) is 88.6 Å². The molecule has 37 heavy (non-hydrogen) atoms. The number of carbonyl (C=O) groups excluding carboxylic acids is 1. The Labute approximate surface area is 219 Å². The molecule has 3 aromatic carbocycles. The van der Waals surface area contributed by atoms with Crippen LogP contribution in [0.25, 0.3) is 5.69 Å². The molecule has 0 fully saturated rings. The van der Waals surface area contributed by atoms with Gasteiger partial charge in [-0.1, -0.05) is 29.8 Å². The summed E-state index contributed by atoms with van der Waals surface area (Å²) < 4.78 is 36.3. The third kappa shape index (κ3) is 5.25. The second-order valence-corrected chi connectivity index (χ2v) is 10.4. The number of amides is 1. The molecule has 0 radical (unpaired) electrons. The number of para-hydroxylation sites is 1. The van der Waals surface area contributed by atoms with Crippen molar-refractivity contribution < 1.29 is 17.9 Å². The van der Waals surface area contributed by atoms with Crippen LogP contribution in [-0.4, -0.2) is 37.3 Å². The molecule has 0 bridgehead atoms. The summed E-state index contributed by atoms with van der Waals surface area (Å²) in [6, 6.07) is 20.9. The average Bonchev–Trinajstić information content (AvgIpc) is 3.11. The largest absolute Gasteiger partial charge is 0.497 e. The maximum Gasteiger partial charge on any atom is 0.295 e. The molecule has 0 aliphatic rings. The van der Waals surface area contributed by atoms with Crippen molar-refractivity contribution in [3.8, 4) is 11.4 Å². The van der Waals surface area contributed by atoms with Gasteiger partial charge in [0.15, 0.2) is 0 Å². The number of hydrogen-bond donors (Lipinski definition) is 1. The van der Waals surface area contributed by atoms with Gasteiger partial charge >= 0.3 is 0 Å². The van der Waals surface area contributed by atoms with Crippen molar-refractivity contribution in [1.29, 1.82) is 0 Å². The first-order valence-corrected chi connectivity index (χ1v) is 13.0. The van der Waals surface area contributed by atoms with E-state index >= 15 is 0 Å². The lowest BCUT2D eigenvalue weighted by atomic mass is 10.3. The van der Waals surface area contributed by atoms with E-state index in [1.807, 2.05) is 6.07 Å². The highest BCUT2D eigenvalue weighted by molar-refractivity contribution is 7.92. The molecule has 1 amide bonds. The summed E-state index contributed by atoms with van der Waals surface area (Å²) in [5, 5.41) is 3.03. The highest BCUT2D eigenvalue weighted by Crippen LogP contribution is 2.26. The van der Waals surface area contributed by atoms with Gasteiger partial charge in [-0.15, -0.1) is 0 Å². The van der Waals surface area contributed by atoms with Crippen molar-refractivity contribution in [3.05, 3.63) is 99.9 Å². The van der Waals surface area contributed by atoms with Crippen molar-refractivity contribution in [1.82, 2.24) is 9.36 Å². The zero-order chi connectivity index (χ0) is 26.7. The predicted molar refractivity (Wildman–Crippen MR) is 143 cm³/mol. The molecule has 0 aliphatic carbocycles. The first kappa shape index (κ1) is 26.1. The number of carbonyl (C=O) groups is 1. The quantitative estimate of drug-likeness (QED) is 0.364. The summed E-state index contributed by atoms with van der Waals surface area (Å²) in [4.78, 5) is 26.3. The number of halogens is 1. The van der Waals surface area contributed by atoms with Crippen LogP contribution in [0.1, 0.15) is 5.69 Å². The van der Waals surface area contributed by atoms with Gasteiger partial charge in [0, 0.05) is 12.1 Å². The fraction of sp³-hybridized carbons (Fsp3) is 0.154. The molecule has 0 aliphatic heterocycles. The molecular weight excluding hydrogens is 516 g/mol. The standard InChI is InChI=1S/C26H25ClN4O5S/c1-18-25(26(33)31(29(18)2)21-7-5-4-6-8-21)28-24(32)17-30(20-11-9-19(27)10-12-20)37(34,35)23-15-13-22(36-3)14-16-23/h4-16H,17H2,1-3H3,(H,28,32). The van der Waals surface area contributed by atoms with E-state index in [0.717, 1.165) is 4.31 Å². The molecule has 1 heterocycles. The molecule has 0 saturated heterocycles. The van der Waals surface area contributed by atoms with Gasteiger partial charge in [-0.3, -0.25) is 18.6 Å². The summed E-state index contributed by atoms with van der Waals surface area (Å²) in [6.45, 7) is 1.12. The zero-order valence-corrected chi connectivity index (χ0v) is 22.0. The Morgan fingerprint density at radius 2 is 1.62 bits per heavy atom. The van der Waals surface area contributed by atoms with E-state index in [9.17, 15) is 18.0 Å². The molecule has 0 spiro atoms. The Balaban J connectivity index is 1.68. The monoisotopic (exact) mass is 540 g/mol. The molecule has 192 valence electrons. The molecule has 9 nitrogen and oxygen atoms in total. The molecule has 1 aromatic heterocycles. The van der Waals surface area contributed by atoms with E-state index in [-0.39, 0.29) is 16.3 Å². The third-order valence-electron chi connectivity index (χ3n) is 5.87. The van der Waals surface area contributed by atoms with Crippen LogP contribution in [0.3, 0.4) is 0 Å². The van der Waals surface area contributed by atoms with Crippen LogP contribution in [-0.2, 0) is 21.9 Å². The Morgan fingerprint density at radius 1 is 1.00 bits per heavy atom. The number of methoxy groups -OCH3 is 1. The van der Waals surface area contributed by atoms with Gasteiger partial charge in [-0.2, -0.15) is 0 Å². The minimum atomic E-state index is -4.16. The molecule has 1 N–H and O–H groups in total. The number of aromatic nitrogens is 2. The molecule has 0 atom stereocenters. The molecule has 4 aromatic rings. The third-order valence-corrected chi connectivity index (χ3v) is 7.91. The first-order chi connectivity index (χ1) is 17.6. The Morgan fingerprint density at radius 3 is 2.22 bits per heavy atom. The second-order valence-electron chi connectivity index (χ2n) is 8.15. The van der Waals surface area contributed by atoms with E-state index in [4.69, 9.17) is 16.3 Å². The SMILES string of the molecule is COc1ccc(S(=O)(=O)N(CC(=O)Nc2c(C)n(C)n(-c3ccccc3)c2=O)c2ccc(Cl)cc2)cc1. The van der Waals surface area contributed by atoms with Gasteiger partial charge in [0.05, 0.1) is 29.1 Å². The van der Waals surface area contributed by atoms with Gasteiger partial charge < -0.3 is 10.1 Å². The van der Waals surface area contributed by atoms with Crippen LogP contribution in [0.4, 0.5) is 11.4 Å². The van der Waals surface area contributed by atoms with Crippen LogP contribution in [0.2, 0.25) is 5.02 Å². The van der Waals surface area contributed by atoms with Crippen molar-refractivity contribution in [3.63, 3.8) is 0 Å². The number of anilines is 2. The van der Waals surface area contributed by atoms with Crippen molar-refractivity contribution in [2.24, 2.45) is 7.05 Å². The average molecular weight is 541 g/mol. The van der Waals surface area contributed by atoms with E-state index in [2.05, 4.69) is 5.32 Å². The number of nitrogens with one attached hydrogen (secondary N) is 1. The Hall–Kier alpha value is -4.02. The fourth-order valence-corrected chi connectivity index (χ4v) is 5.37. The van der Waals surface area contributed by atoms with Crippen LogP contribution < -0.4 is 19.9 Å². The smallest absolute Gasteiger partial charge is 0.295 e. The maximum atomic E-state index is 13.6. The van der Waals surface area contributed by atoms with Crippen LogP contribution in [0.5, 0.6) is 5.75 Å². The number of benzene rings is 3. The van der Waals surface area contributed by atoms with E-state index < -0.39 is 28.0 Å². The van der Waals surface area contributed by atoms with E-state index in [1.54, 1.807) is 42.9 Å². The Kier molecular flexibility index (Phi) is 7.42. The van der Waals surface area contributed by atoms with Gasteiger partial charge in [0.25, 0.3) is 15.6 Å². The zero-order valence-electron chi connectivity index (χ0n) is 20.4. The predicted octanol–water partition coefficient (Wildman–Crippen LogP) is 3.98. The maximum absolute atomic E-state index is 13.6. The second kappa shape index (κ2) is 10.5.